The number of allylic oxidation sites excluding steroid dienone is 1. The standard InChI is InChI=1S/C24H31NO/c1-3-5-20-9-16-24(25-18-20)23-14-12-22(13-15-23)21-10-7-19(8-11-21)6-4-17-26-2/h4,6,9,12-16,18-19,21H,3,5,7-8,10-11,17H2,1-2H3/t19-,21-. The molecule has 1 aliphatic carbocycles. The molecule has 0 N–H and O–H groups in total. The summed E-state index contributed by atoms with van der Waals surface area (Å²) in [5.74, 6) is 1.43. The number of benzene rings is 1. The summed E-state index contributed by atoms with van der Waals surface area (Å²) >= 11 is 0. The minimum Gasteiger partial charge on any atom is -0.381 e. The number of nitrogens with zero attached hydrogens (tertiary/aromatic N) is 1. The van der Waals surface area contributed by atoms with E-state index in [-0.39, 0.29) is 0 Å². The molecule has 0 saturated heterocycles. The Hall–Kier alpha value is -1.93. The zero-order valence-corrected chi connectivity index (χ0v) is 16.2. The monoisotopic (exact) mass is 349 g/mol. The molecule has 1 saturated carbocycles. The van der Waals surface area contributed by atoms with Gasteiger partial charge in [-0.05, 0) is 61.1 Å². The van der Waals surface area contributed by atoms with Gasteiger partial charge in [-0.25, -0.2) is 0 Å². The minimum absolute atomic E-state index is 0.705. The van der Waals surface area contributed by atoms with Crippen LogP contribution in [-0.2, 0) is 11.2 Å². The fourth-order valence-corrected chi connectivity index (χ4v) is 3.95. The summed E-state index contributed by atoms with van der Waals surface area (Å²) in [4.78, 5) is 4.64. The van der Waals surface area contributed by atoms with Crippen molar-refractivity contribution >= 4 is 0 Å². The van der Waals surface area contributed by atoms with Crippen LogP contribution < -0.4 is 0 Å². The number of aromatic nitrogens is 1. The second-order valence-corrected chi connectivity index (χ2v) is 7.42. The lowest BCUT2D eigenvalue weighted by Crippen LogP contribution is -2.11. The topological polar surface area (TPSA) is 22.1 Å². The van der Waals surface area contributed by atoms with Crippen molar-refractivity contribution in [2.45, 2.75) is 51.4 Å². The van der Waals surface area contributed by atoms with E-state index < -0.39 is 0 Å². The molecule has 0 atom stereocenters. The summed E-state index contributed by atoms with van der Waals surface area (Å²) in [5, 5.41) is 0. The zero-order chi connectivity index (χ0) is 18.2. The third-order valence-corrected chi connectivity index (χ3v) is 5.48. The van der Waals surface area contributed by atoms with E-state index in [1.54, 1.807) is 7.11 Å². The van der Waals surface area contributed by atoms with Crippen LogP contribution in [-0.4, -0.2) is 18.7 Å². The van der Waals surface area contributed by atoms with Gasteiger partial charge in [-0.2, -0.15) is 0 Å². The van der Waals surface area contributed by atoms with Gasteiger partial charge in [-0.3, -0.25) is 4.98 Å². The second kappa shape index (κ2) is 9.68. The van der Waals surface area contributed by atoms with E-state index in [1.807, 2.05) is 6.20 Å². The Morgan fingerprint density at radius 1 is 1.04 bits per heavy atom. The maximum atomic E-state index is 5.10. The van der Waals surface area contributed by atoms with E-state index >= 15 is 0 Å². The van der Waals surface area contributed by atoms with Crippen LogP contribution >= 0.6 is 0 Å². The lowest BCUT2D eigenvalue weighted by atomic mass is 9.78. The third-order valence-electron chi connectivity index (χ3n) is 5.48. The first-order valence-corrected chi connectivity index (χ1v) is 10.0. The van der Waals surface area contributed by atoms with E-state index in [2.05, 4.69) is 60.5 Å². The van der Waals surface area contributed by atoms with Crippen molar-refractivity contribution in [1.82, 2.24) is 4.98 Å². The number of pyridine rings is 1. The molecule has 0 unspecified atom stereocenters. The van der Waals surface area contributed by atoms with Crippen LogP contribution in [0.5, 0.6) is 0 Å². The molecule has 1 aliphatic rings. The SMILES string of the molecule is CCCc1ccc(-c2ccc([C@H]3CC[C@H](C=CCOC)CC3)cc2)nc1. The molecule has 0 aliphatic heterocycles. The Labute approximate surface area is 158 Å². The maximum Gasteiger partial charge on any atom is 0.0702 e. The van der Waals surface area contributed by atoms with Crippen LogP contribution in [0.2, 0.25) is 0 Å². The summed E-state index contributed by atoms with van der Waals surface area (Å²) < 4.78 is 5.10. The van der Waals surface area contributed by atoms with Gasteiger partial charge in [0.1, 0.15) is 0 Å². The largest absolute Gasteiger partial charge is 0.381 e. The Morgan fingerprint density at radius 3 is 2.42 bits per heavy atom. The van der Waals surface area contributed by atoms with Gasteiger partial charge in [0.05, 0.1) is 12.3 Å². The summed E-state index contributed by atoms with van der Waals surface area (Å²) in [6.07, 6.45) is 13.9. The summed E-state index contributed by atoms with van der Waals surface area (Å²) in [5.41, 5.74) is 5.09. The first-order chi connectivity index (χ1) is 12.8. The van der Waals surface area contributed by atoms with Crippen LogP contribution in [0.4, 0.5) is 0 Å². The molecule has 0 spiro atoms. The van der Waals surface area contributed by atoms with Crippen LogP contribution in [0.3, 0.4) is 0 Å². The first-order valence-electron chi connectivity index (χ1n) is 10.0. The molecule has 1 fully saturated rings. The van der Waals surface area contributed by atoms with Crippen LogP contribution in [0.1, 0.15) is 56.1 Å². The third kappa shape index (κ3) is 5.04. The quantitative estimate of drug-likeness (QED) is 0.557. The van der Waals surface area contributed by atoms with Crippen molar-refractivity contribution in [2.24, 2.45) is 5.92 Å². The molecule has 2 nitrogen and oxygen atoms in total. The predicted molar refractivity (Wildman–Crippen MR) is 109 cm³/mol. The minimum atomic E-state index is 0.705. The predicted octanol–water partition coefficient (Wildman–Crippen LogP) is 6.18. The van der Waals surface area contributed by atoms with Gasteiger partial charge in [0, 0.05) is 18.9 Å². The fourth-order valence-electron chi connectivity index (χ4n) is 3.95. The first kappa shape index (κ1) is 18.8. The Balaban J connectivity index is 1.58. The fraction of sp³-hybridized carbons (Fsp3) is 0.458. The molecule has 1 heterocycles. The van der Waals surface area contributed by atoms with Crippen LogP contribution in [0, 0.1) is 5.92 Å². The second-order valence-electron chi connectivity index (χ2n) is 7.42. The lowest BCUT2D eigenvalue weighted by Gasteiger charge is -2.27. The average molecular weight is 350 g/mol. The molecule has 1 aromatic carbocycles. The number of rotatable bonds is 7. The van der Waals surface area contributed by atoms with E-state index in [9.17, 15) is 0 Å². The van der Waals surface area contributed by atoms with Crippen LogP contribution in [0.15, 0.2) is 54.7 Å². The highest BCUT2D eigenvalue weighted by molar-refractivity contribution is 5.59. The van der Waals surface area contributed by atoms with Crippen molar-refractivity contribution < 1.29 is 4.74 Å². The molecule has 2 heteroatoms. The normalized spacial score (nSPS) is 20.5. The lowest BCUT2D eigenvalue weighted by molar-refractivity contribution is 0.233. The molecule has 3 rings (SSSR count). The molecule has 138 valence electrons. The number of aryl methyl sites for hydroxylation is 1. The van der Waals surface area contributed by atoms with E-state index in [1.165, 1.54) is 48.8 Å². The zero-order valence-electron chi connectivity index (χ0n) is 16.2. The van der Waals surface area contributed by atoms with E-state index in [0.717, 1.165) is 24.6 Å². The van der Waals surface area contributed by atoms with Crippen molar-refractivity contribution in [3.05, 3.63) is 65.9 Å². The Bertz CT molecular complexity index is 679. The molecule has 1 aromatic heterocycles. The van der Waals surface area contributed by atoms with Crippen molar-refractivity contribution in [1.29, 1.82) is 0 Å². The molecule has 0 bridgehead atoms. The van der Waals surface area contributed by atoms with Gasteiger partial charge in [0.2, 0.25) is 0 Å². The molecule has 0 radical (unpaired) electrons. The Kier molecular flexibility index (Phi) is 7.02. The average Bonchev–Trinajstić information content (AvgIpc) is 2.70. The summed E-state index contributed by atoms with van der Waals surface area (Å²) in [6.45, 7) is 2.94. The summed E-state index contributed by atoms with van der Waals surface area (Å²) in [6, 6.07) is 13.4. The molecule has 2 aromatic rings. The van der Waals surface area contributed by atoms with Crippen molar-refractivity contribution in [3.63, 3.8) is 0 Å². The van der Waals surface area contributed by atoms with Crippen molar-refractivity contribution in [2.75, 3.05) is 13.7 Å². The molecule has 26 heavy (non-hydrogen) atoms. The van der Waals surface area contributed by atoms with E-state index in [0.29, 0.717) is 5.92 Å². The van der Waals surface area contributed by atoms with Gasteiger partial charge in [-0.1, -0.05) is 55.8 Å². The molecular weight excluding hydrogens is 318 g/mol. The smallest absolute Gasteiger partial charge is 0.0702 e. The van der Waals surface area contributed by atoms with Gasteiger partial charge >= 0.3 is 0 Å². The highest BCUT2D eigenvalue weighted by atomic mass is 16.5. The molecule has 0 amide bonds. The van der Waals surface area contributed by atoms with Gasteiger partial charge in [-0.15, -0.1) is 0 Å². The van der Waals surface area contributed by atoms with Gasteiger partial charge in [0.25, 0.3) is 0 Å². The maximum absolute atomic E-state index is 5.10. The van der Waals surface area contributed by atoms with Gasteiger partial charge < -0.3 is 4.74 Å². The van der Waals surface area contributed by atoms with E-state index in [4.69, 9.17) is 4.74 Å². The molecular formula is C24H31NO. The Morgan fingerprint density at radius 2 is 1.81 bits per heavy atom. The number of ether oxygens (including phenoxy) is 1. The number of methoxy groups -OCH3 is 1. The van der Waals surface area contributed by atoms with Gasteiger partial charge in [0.15, 0.2) is 0 Å². The summed E-state index contributed by atoms with van der Waals surface area (Å²) in [7, 11) is 1.75. The van der Waals surface area contributed by atoms with Crippen LogP contribution in [0.25, 0.3) is 11.3 Å². The highest BCUT2D eigenvalue weighted by Gasteiger charge is 2.20. The number of hydrogen-bond acceptors (Lipinski definition) is 2. The van der Waals surface area contributed by atoms with Crippen molar-refractivity contribution in [3.8, 4) is 11.3 Å². The number of hydrogen-bond donors (Lipinski definition) is 0. The highest BCUT2D eigenvalue weighted by Crippen LogP contribution is 2.36.